The van der Waals surface area contributed by atoms with Gasteiger partial charge in [-0.2, -0.15) is 0 Å². The van der Waals surface area contributed by atoms with Crippen LogP contribution in [0.25, 0.3) is 0 Å². The van der Waals surface area contributed by atoms with Crippen LogP contribution in [0, 0.1) is 23.7 Å². The number of esters is 4. The van der Waals surface area contributed by atoms with E-state index in [2.05, 4.69) is 55.4 Å². The Bertz CT molecular complexity index is 1910. The van der Waals surface area contributed by atoms with Crippen LogP contribution in [0.2, 0.25) is 0 Å². The van der Waals surface area contributed by atoms with E-state index in [9.17, 15) is 43.2 Å². The first-order valence-corrected chi connectivity index (χ1v) is 43.3. The van der Waals surface area contributed by atoms with Crippen molar-refractivity contribution < 1.29 is 80.2 Å². The number of carbonyl (C=O) groups is 4. The van der Waals surface area contributed by atoms with Crippen molar-refractivity contribution in [2.45, 2.75) is 414 Å². The number of hydrogen-bond donors (Lipinski definition) is 3. The first-order valence-electron chi connectivity index (χ1n) is 40.3. The highest BCUT2D eigenvalue weighted by molar-refractivity contribution is 7.47. The van der Waals surface area contributed by atoms with E-state index >= 15 is 0 Å². The second-order valence-corrected chi connectivity index (χ2v) is 32.4. The molecule has 576 valence electrons. The molecule has 0 bridgehead atoms. The fourth-order valence-electron chi connectivity index (χ4n) is 11.8. The molecule has 0 aromatic rings. The second kappa shape index (κ2) is 67.2. The molecule has 0 saturated carbocycles. The number of ether oxygens (including phenoxy) is 4. The van der Waals surface area contributed by atoms with Crippen LogP contribution in [0.15, 0.2) is 0 Å². The maximum Gasteiger partial charge on any atom is 0.472 e. The van der Waals surface area contributed by atoms with Crippen molar-refractivity contribution in [2.24, 2.45) is 23.7 Å². The Balaban J connectivity index is 5.17. The smallest absolute Gasteiger partial charge is 0.462 e. The SMILES string of the molecule is CCC(C)CCCCCCCCCCCCCCCCCCCCC(=O)OC[C@H](COP(=O)(O)OC[C@@H](O)COP(=O)(O)OC[C@@H](COC(=O)CCCCCCCCC(C)C)OC(=O)CCCCCCCCC(C)CC)OC(=O)CCCCCCCCCCCCCCCC(C)C. The molecule has 0 amide bonds. The molecular weight excluding hydrogens is 1270 g/mol. The molecule has 4 unspecified atom stereocenters. The van der Waals surface area contributed by atoms with Gasteiger partial charge in [0.15, 0.2) is 12.2 Å². The van der Waals surface area contributed by atoms with Crippen LogP contribution < -0.4 is 0 Å². The number of phosphoric acid groups is 2. The van der Waals surface area contributed by atoms with Gasteiger partial charge < -0.3 is 33.8 Å². The normalized spacial score (nSPS) is 14.6. The highest BCUT2D eigenvalue weighted by Gasteiger charge is 2.30. The molecule has 0 aliphatic rings. The van der Waals surface area contributed by atoms with Crippen molar-refractivity contribution in [3.8, 4) is 0 Å². The van der Waals surface area contributed by atoms with Gasteiger partial charge in [-0.1, -0.05) is 344 Å². The highest BCUT2D eigenvalue weighted by atomic mass is 31.2. The molecule has 0 aromatic heterocycles. The zero-order chi connectivity index (χ0) is 71.7. The van der Waals surface area contributed by atoms with E-state index in [1.54, 1.807) is 0 Å². The van der Waals surface area contributed by atoms with Crippen LogP contribution in [0.4, 0.5) is 0 Å². The molecule has 0 fully saturated rings. The highest BCUT2D eigenvalue weighted by Crippen LogP contribution is 2.45. The van der Waals surface area contributed by atoms with Crippen molar-refractivity contribution in [1.29, 1.82) is 0 Å². The Labute approximate surface area is 594 Å². The lowest BCUT2D eigenvalue weighted by molar-refractivity contribution is -0.161. The van der Waals surface area contributed by atoms with Crippen molar-refractivity contribution >= 4 is 39.5 Å². The van der Waals surface area contributed by atoms with Crippen LogP contribution in [0.1, 0.15) is 396 Å². The molecule has 0 radical (unpaired) electrons. The minimum absolute atomic E-state index is 0.102. The summed E-state index contributed by atoms with van der Waals surface area (Å²) in [7, 11) is -9.91. The van der Waals surface area contributed by atoms with Gasteiger partial charge in [-0.3, -0.25) is 37.3 Å². The fraction of sp³-hybridized carbons (Fsp3) is 0.949. The van der Waals surface area contributed by atoms with E-state index in [-0.39, 0.29) is 25.7 Å². The molecule has 0 spiro atoms. The van der Waals surface area contributed by atoms with E-state index in [1.807, 2.05) is 0 Å². The standard InChI is InChI=1S/C78H152O17P2/c1-9-70(7)56-48-40-31-27-23-19-15-13-11-12-14-16-20-24-28-32-42-50-58-75(80)88-64-73(94-77(82)60-52-44-33-29-25-21-17-18-22-26-30-38-46-54-68(3)4)66-92-96(84,85)90-62-72(79)63-91-97(86,87)93-67-74(65-89-76(81)59-51-43-36-34-39-47-55-69(5)6)95-78(83)61-53-45-37-35-41-49-57-71(8)10-2/h68-74,79H,9-67H2,1-8H3,(H,84,85)(H,86,87)/t70?,71?,72-,73-,74-/m1/s1. The average molecular weight is 1420 g/mol. The molecule has 17 nitrogen and oxygen atoms in total. The van der Waals surface area contributed by atoms with Gasteiger partial charge in [0.05, 0.1) is 26.4 Å². The summed E-state index contributed by atoms with van der Waals surface area (Å²) in [6, 6.07) is 0. The van der Waals surface area contributed by atoms with Crippen LogP contribution in [0.3, 0.4) is 0 Å². The van der Waals surface area contributed by atoms with Gasteiger partial charge in [-0.05, 0) is 49.4 Å². The molecule has 0 saturated heterocycles. The summed E-state index contributed by atoms with van der Waals surface area (Å²) >= 11 is 0. The third kappa shape index (κ3) is 69.5. The molecule has 0 aromatic carbocycles. The molecule has 97 heavy (non-hydrogen) atoms. The minimum atomic E-state index is -4.96. The summed E-state index contributed by atoms with van der Waals surface area (Å²) < 4.78 is 68.5. The van der Waals surface area contributed by atoms with Gasteiger partial charge in [0, 0.05) is 25.7 Å². The summed E-state index contributed by atoms with van der Waals surface area (Å²) in [5, 5.41) is 10.6. The summed E-state index contributed by atoms with van der Waals surface area (Å²) in [4.78, 5) is 72.8. The Morgan fingerprint density at radius 3 is 0.732 bits per heavy atom. The fourth-order valence-corrected chi connectivity index (χ4v) is 13.4. The van der Waals surface area contributed by atoms with Crippen molar-refractivity contribution in [2.75, 3.05) is 39.6 Å². The van der Waals surface area contributed by atoms with Gasteiger partial charge in [0.2, 0.25) is 0 Å². The molecule has 3 N–H and O–H groups in total. The van der Waals surface area contributed by atoms with E-state index < -0.39 is 97.5 Å². The number of hydrogen-bond acceptors (Lipinski definition) is 15. The average Bonchev–Trinajstić information content (AvgIpc) is 2.25. The van der Waals surface area contributed by atoms with E-state index in [1.165, 1.54) is 193 Å². The number of rotatable bonds is 75. The number of aliphatic hydroxyl groups excluding tert-OH is 1. The summed E-state index contributed by atoms with van der Waals surface area (Å²) in [5.74, 6) is 0.935. The lowest BCUT2D eigenvalue weighted by Crippen LogP contribution is -2.30. The van der Waals surface area contributed by atoms with Crippen molar-refractivity contribution in [3.63, 3.8) is 0 Å². The van der Waals surface area contributed by atoms with Gasteiger partial charge in [0.25, 0.3) is 0 Å². The zero-order valence-electron chi connectivity index (χ0n) is 63.7. The molecule has 0 heterocycles. The van der Waals surface area contributed by atoms with Gasteiger partial charge in [-0.15, -0.1) is 0 Å². The maximum atomic E-state index is 13.1. The molecule has 0 aliphatic carbocycles. The third-order valence-electron chi connectivity index (χ3n) is 18.8. The number of unbranched alkanes of at least 4 members (excludes halogenated alkanes) is 39. The first kappa shape index (κ1) is 95.1. The van der Waals surface area contributed by atoms with Crippen molar-refractivity contribution in [1.82, 2.24) is 0 Å². The summed E-state index contributed by atoms with van der Waals surface area (Å²) in [6.07, 6.45) is 53.1. The quantitative estimate of drug-likeness (QED) is 0.0222. The van der Waals surface area contributed by atoms with E-state index in [4.69, 9.17) is 37.0 Å². The Morgan fingerprint density at radius 2 is 0.495 bits per heavy atom. The summed E-state index contributed by atoms with van der Waals surface area (Å²) in [5.41, 5.74) is 0. The number of phosphoric ester groups is 2. The lowest BCUT2D eigenvalue weighted by atomic mass is 9.99. The predicted molar refractivity (Wildman–Crippen MR) is 395 cm³/mol. The lowest BCUT2D eigenvalue weighted by Gasteiger charge is -2.21. The molecule has 7 atom stereocenters. The zero-order valence-corrected chi connectivity index (χ0v) is 65.5. The Kier molecular flexibility index (Phi) is 65.9. The van der Waals surface area contributed by atoms with Gasteiger partial charge in [-0.25, -0.2) is 9.13 Å². The molecule has 19 heteroatoms. The van der Waals surface area contributed by atoms with Crippen molar-refractivity contribution in [3.05, 3.63) is 0 Å². The van der Waals surface area contributed by atoms with Crippen LogP contribution >= 0.6 is 15.6 Å². The van der Waals surface area contributed by atoms with Crippen LogP contribution in [-0.2, 0) is 65.4 Å². The first-order chi connectivity index (χ1) is 46.7. The van der Waals surface area contributed by atoms with E-state index in [0.717, 1.165) is 114 Å². The minimum Gasteiger partial charge on any atom is -0.462 e. The second-order valence-electron chi connectivity index (χ2n) is 29.5. The monoisotopic (exact) mass is 1420 g/mol. The molecule has 0 rings (SSSR count). The van der Waals surface area contributed by atoms with Gasteiger partial charge in [0.1, 0.15) is 19.3 Å². The Morgan fingerprint density at radius 1 is 0.289 bits per heavy atom. The van der Waals surface area contributed by atoms with Crippen LogP contribution in [-0.4, -0.2) is 96.7 Å². The van der Waals surface area contributed by atoms with E-state index in [0.29, 0.717) is 31.6 Å². The Hall–Kier alpha value is -1.94. The third-order valence-corrected chi connectivity index (χ3v) is 20.7. The molecule has 0 aliphatic heterocycles. The number of carbonyl (C=O) groups excluding carboxylic acids is 4. The largest absolute Gasteiger partial charge is 0.472 e. The number of aliphatic hydroxyl groups is 1. The predicted octanol–water partition coefficient (Wildman–Crippen LogP) is 22.8. The maximum absolute atomic E-state index is 13.1. The van der Waals surface area contributed by atoms with Gasteiger partial charge >= 0.3 is 39.5 Å². The summed E-state index contributed by atoms with van der Waals surface area (Å²) in [6.45, 7) is 14.2. The molecular formula is C78H152O17P2. The topological polar surface area (TPSA) is 237 Å². The van der Waals surface area contributed by atoms with Crippen LogP contribution in [0.5, 0.6) is 0 Å².